The van der Waals surface area contributed by atoms with Gasteiger partial charge in [0.2, 0.25) is 0 Å². The fraction of sp³-hybridized carbons (Fsp3) is 0.643. The average molecular weight is 295 g/mol. The normalized spacial score (nSPS) is 17.5. The van der Waals surface area contributed by atoms with E-state index < -0.39 is 5.97 Å². The number of rotatable bonds is 5. The molecule has 1 aliphatic carbocycles. The number of nitrogens with one attached hydrogen (secondary N) is 1. The summed E-state index contributed by atoms with van der Waals surface area (Å²) in [6.45, 7) is 0.889. The number of nitrogens with zero attached hydrogens (tertiary/aromatic N) is 2. The highest BCUT2D eigenvalue weighted by atomic mass is 32.2. The predicted molar refractivity (Wildman–Crippen MR) is 81.2 cm³/mol. The standard InChI is InChI=1S/C14H21N3O2S/c1-19-13(18)11-8-16-12(9-15-11)17-10-14(20-2)6-4-3-5-7-14/h8-9H,3-7,10H2,1-2H3,(H,16,17). The van der Waals surface area contributed by atoms with Crippen molar-refractivity contribution >= 4 is 23.5 Å². The first-order valence-corrected chi connectivity index (χ1v) is 8.11. The molecular formula is C14H21N3O2S. The maximum Gasteiger partial charge on any atom is 0.358 e. The number of methoxy groups -OCH3 is 1. The second-order valence-corrected chi connectivity index (χ2v) is 6.35. The molecule has 2 rings (SSSR count). The first kappa shape index (κ1) is 15.1. The number of carbonyl (C=O) groups is 1. The van der Waals surface area contributed by atoms with Crippen LogP contribution >= 0.6 is 11.8 Å². The Morgan fingerprint density at radius 1 is 1.35 bits per heavy atom. The van der Waals surface area contributed by atoms with Crippen molar-refractivity contribution in [3.05, 3.63) is 18.1 Å². The summed E-state index contributed by atoms with van der Waals surface area (Å²) < 4.78 is 4.91. The van der Waals surface area contributed by atoms with Crippen molar-refractivity contribution in [2.45, 2.75) is 36.9 Å². The molecule has 1 fully saturated rings. The lowest BCUT2D eigenvalue weighted by Gasteiger charge is -2.36. The minimum Gasteiger partial charge on any atom is -0.464 e. The van der Waals surface area contributed by atoms with Crippen molar-refractivity contribution < 1.29 is 9.53 Å². The summed E-state index contributed by atoms with van der Waals surface area (Å²) in [6, 6.07) is 0. The maximum absolute atomic E-state index is 11.3. The zero-order chi connectivity index (χ0) is 14.4. The summed E-state index contributed by atoms with van der Waals surface area (Å²) >= 11 is 1.94. The van der Waals surface area contributed by atoms with E-state index in [0.29, 0.717) is 10.6 Å². The average Bonchev–Trinajstić information content (AvgIpc) is 2.53. The van der Waals surface area contributed by atoms with Crippen molar-refractivity contribution in [3.63, 3.8) is 0 Å². The zero-order valence-corrected chi connectivity index (χ0v) is 12.8. The van der Waals surface area contributed by atoms with Crippen LogP contribution in [0.15, 0.2) is 12.4 Å². The Labute approximate surface area is 123 Å². The number of aromatic nitrogens is 2. The molecule has 1 aromatic heterocycles. The van der Waals surface area contributed by atoms with E-state index in [0.717, 1.165) is 6.54 Å². The number of hydrogen-bond acceptors (Lipinski definition) is 6. The van der Waals surface area contributed by atoms with Crippen LogP contribution in [-0.2, 0) is 4.74 Å². The number of carbonyl (C=O) groups excluding carboxylic acids is 1. The molecule has 1 N–H and O–H groups in total. The van der Waals surface area contributed by atoms with Crippen LogP contribution in [-0.4, -0.2) is 40.6 Å². The molecule has 0 saturated heterocycles. The third kappa shape index (κ3) is 3.62. The van der Waals surface area contributed by atoms with E-state index in [1.54, 1.807) is 6.20 Å². The van der Waals surface area contributed by atoms with E-state index in [4.69, 9.17) is 0 Å². The number of hydrogen-bond donors (Lipinski definition) is 1. The van der Waals surface area contributed by atoms with Gasteiger partial charge in [-0.15, -0.1) is 0 Å². The summed E-state index contributed by atoms with van der Waals surface area (Å²) in [4.78, 5) is 19.5. The van der Waals surface area contributed by atoms with Gasteiger partial charge in [0.25, 0.3) is 0 Å². The second kappa shape index (κ2) is 6.92. The summed E-state index contributed by atoms with van der Waals surface area (Å²) in [5.74, 6) is 0.244. The zero-order valence-electron chi connectivity index (χ0n) is 12.0. The summed E-state index contributed by atoms with van der Waals surface area (Å²) in [5, 5.41) is 3.34. The minimum absolute atomic E-state index is 0.232. The lowest BCUT2D eigenvalue weighted by atomic mass is 9.88. The molecule has 0 spiro atoms. The predicted octanol–water partition coefficient (Wildman–Crippen LogP) is 2.74. The van der Waals surface area contributed by atoms with Crippen LogP contribution in [0.2, 0.25) is 0 Å². The molecule has 110 valence electrons. The molecular weight excluding hydrogens is 274 g/mol. The van der Waals surface area contributed by atoms with Crippen molar-refractivity contribution in [2.24, 2.45) is 0 Å². The molecule has 1 heterocycles. The lowest BCUT2D eigenvalue weighted by Crippen LogP contribution is -2.35. The third-order valence-corrected chi connectivity index (χ3v) is 5.25. The van der Waals surface area contributed by atoms with Crippen LogP contribution in [0.4, 0.5) is 5.82 Å². The molecule has 0 amide bonds. The van der Waals surface area contributed by atoms with Crippen LogP contribution in [0.1, 0.15) is 42.6 Å². The Hall–Kier alpha value is -1.30. The summed E-state index contributed by atoms with van der Waals surface area (Å²) in [6.07, 6.45) is 11.6. The van der Waals surface area contributed by atoms with Gasteiger partial charge in [0, 0.05) is 11.3 Å². The minimum atomic E-state index is -0.461. The highest BCUT2D eigenvalue weighted by Crippen LogP contribution is 2.38. The third-order valence-electron chi connectivity index (χ3n) is 3.84. The number of thioether (sulfide) groups is 1. The molecule has 1 saturated carbocycles. The maximum atomic E-state index is 11.3. The van der Waals surface area contributed by atoms with Gasteiger partial charge in [-0.3, -0.25) is 0 Å². The summed E-state index contributed by atoms with van der Waals surface area (Å²) in [5.41, 5.74) is 0.232. The van der Waals surface area contributed by atoms with Gasteiger partial charge in [-0.05, 0) is 19.1 Å². The van der Waals surface area contributed by atoms with Gasteiger partial charge < -0.3 is 10.1 Å². The Morgan fingerprint density at radius 3 is 2.65 bits per heavy atom. The van der Waals surface area contributed by atoms with Gasteiger partial charge in [0.05, 0.1) is 19.5 Å². The fourth-order valence-electron chi connectivity index (χ4n) is 2.53. The largest absolute Gasteiger partial charge is 0.464 e. The highest BCUT2D eigenvalue weighted by Gasteiger charge is 2.30. The van der Waals surface area contributed by atoms with Gasteiger partial charge in [0.15, 0.2) is 5.69 Å². The summed E-state index contributed by atoms with van der Waals surface area (Å²) in [7, 11) is 1.33. The van der Waals surface area contributed by atoms with Crippen LogP contribution in [0.25, 0.3) is 0 Å². The van der Waals surface area contributed by atoms with Gasteiger partial charge in [-0.25, -0.2) is 14.8 Å². The number of esters is 1. The van der Waals surface area contributed by atoms with Gasteiger partial charge in [-0.1, -0.05) is 19.3 Å². The number of anilines is 1. The molecule has 5 nitrogen and oxygen atoms in total. The lowest BCUT2D eigenvalue weighted by molar-refractivity contribution is 0.0593. The van der Waals surface area contributed by atoms with Crippen molar-refractivity contribution in [1.82, 2.24) is 9.97 Å². The molecule has 0 bridgehead atoms. The molecule has 0 unspecified atom stereocenters. The SMILES string of the molecule is COC(=O)c1cnc(NCC2(SC)CCCCC2)cn1. The molecule has 6 heteroatoms. The smallest absolute Gasteiger partial charge is 0.358 e. The molecule has 0 radical (unpaired) electrons. The molecule has 0 aromatic carbocycles. The van der Waals surface area contributed by atoms with E-state index in [2.05, 4.69) is 26.3 Å². The monoisotopic (exact) mass is 295 g/mol. The Bertz CT molecular complexity index is 444. The number of ether oxygens (including phenoxy) is 1. The van der Waals surface area contributed by atoms with Gasteiger partial charge >= 0.3 is 5.97 Å². The molecule has 1 aliphatic rings. The van der Waals surface area contributed by atoms with Crippen molar-refractivity contribution in [3.8, 4) is 0 Å². The van der Waals surface area contributed by atoms with E-state index >= 15 is 0 Å². The first-order chi connectivity index (χ1) is 9.69. The highest BCUT2D eigenvalue weighted by molar-refractivity contribution is 8.00. The van der Waals surface area contributed by atoms with Crippen LogP contribution in [0, 0.1) is 0 Å². The molecule has 0 aliphatic heterocycles. The fourth-order valence-corrected chi connectivity index (χ4v) is 3.44. The second-order valence-electron chi connectivity index (χ2n) is 5.08. The quantitative estimate of drug-likeness (QED) is 0.843. The Kier molecular flexibility index (Phi) is 5.23. The first-order valence-electron chi connectivity index (χ1n) is 6.88. The Balaban J connectivity index is 1.94. The van der Waals surface area contributed by atoms with Gasteiger partial charge in [-0.2, -0.15) is 11.8 Å². The van der Waals surface area contributed by atoms with E-state index in [1.165, 1.54) is 45.4 Å². The van der Waals surface area contributed by atoms with E-state index in [1.807, 2.05) is 11.8 Å². The van der Waals surface area contributed by atoms with Gasteiger partial charge in [0.1, 0.15) is 5.82 Å². The topological polar surface area (TPSA) is 64.1 Å². The van der Waals surface area contributed by atoms with Crippen LogP contribution < -0.4 is 5.32 Å². The van der Waals surface area contributed by atoms with Crippen molar-refractivity contribution in [1.29, 1.82) is 0 Å². The van der Waals surface area contributed by atoms with Crippen LogP contribution in [0.3, 0.4) is 0 Å². The molecule has 20 heavy (non-hydrogen) atoms. The van der Waals surface area contributed by atoms with Crippen LogP contribution in [0.5, 0.6) is 0 Å². The molecule has 1 aromatic rings. The van der Waals surface area contributed by atoms with E-state index in [-0.39, 0.29) is 5.69 Å². The van der Waals surface area contributed by atoms with Crippen molar-refractivity contribution in [2.75, 3.05) is 25.2 Å². The molecule has 0 atom stereocenters. The Morgan fingerprint density at radius 2 is 2.10 bits per heavy atom. The van der Waals surface area contributed by atoms with E-state index in [9.17, 15) is 4.79 Å².